The number of nitrogens with zero attached hydrogens (tertiary/aromatic N) is 1. The maximum absolute atomic E-state index is 10.3. The lowest BCUT2D eigenvalue weighted by Crippen LogP contribution is -2.54. The van der Waals surface area contributed by atoms with E-state index in [9.17, 15) is 10.2 Å². The highest BCUT2D eigenvalue weighted by molar-refractivity contribution is 5.63. The van der Waals surface area contributed by atoms with E-state index in [-0.39, 0.29) is 24.0 Å². The van der Waals surface area contributed by atoms with Gasteiger partial charge in [0.25, 0.3) is 11.9 Å². The number of carboxylic acids is 2. The highest BCUT2D eigenvalue weighted by Gasteiger charge is 2.56. The quantitative estimate of drug-likeness (QED) is 0.332. The lowest BCUT2D eigenvalue weighted by atomic mass is 9.49. The van der Waals surface area contributed by atoms with Crippen LogP contribution in [0.4, 0.5) is 0 Å². The first-order chi connectivity index (χ1) is 17.7. The number of fused-ring (bicyclic) bond motifs is 1. The Balaban J connectivity index is 0.000000559. The van der Waals surface area contributed by atoms with Gasteiger partial charge in [0.15, 0.2) is 0 Å². The Labute approximate surface area is 229 Å². The van der Waals surface area contributed by atoms with Crippen molar-refractivity contribution in [2.75, 3.05) is 33.3 Å². The predicted molar refractivity (Wildman–Crippen MR) is 150 cm³/mol. The van der Waals surface area contributed by atoms with Crippen LogP contribution in [0.15, 0.2) is 12.2 Å². The summed E-state index contributed by atoms with van der Waals surface area (Å²) < 4.78 is 0. The maximum Gasteiger partial charge on any atom is 0.300 e. The molecule has 0 spiro atoms. The molecule has 8 heteroatoms. The smallest absolute Gasteiger partial charge is 0.300 e. The van der Waals surface area contributed by atoms with Crippen LogP contribution in [0.25, 0.3) is 0 Å². The van der Waals surface area contributed by atoms with Crippen LogP contribution in [0.1, 0.15) is 85.5 Å². The normalized spacial score (nSPS) is 37.8. The molecular weight excluding hydrogens is 484 g/mol. The summed E-state index contributed by atoms with van der Waals surface area (Å²) in [4.78, 5) is 20.4. The van der Waals surface area contributed by atoms with Gasteiger partial charge in [-0.3, -0.25) is 9.59 Å². The van der Waals surface area contributed by atoms with E-state index in [2.05, 4.69) is 37.7 Å². The first-order valence-electron chi connectivity index (χ1n) is 14.5. The van der Waals surface area contributed by atoms with Crippen LogP contribution >= 0.6 is 0 Å². The molecule has 220 valence electrons. The van der Waals surface area contributed by atoms with E-state index in [4.69, 9.17) is 19.8 Å². The van der Waals surface area contributed by atoms with E-state index >= 15 is 0 Å². The number of allylic oxidation sites excluding steroid dienone is 1. The largest absolute Gasteiger partial charge is 0.481 e. The third kappa shape index (κ3) is 8.26. The zero-order valence-electron chi connectivity index (χ0n) is 24.4. The van der Waals surface area contributed by atoms with Gasteiger partial charge in [-0.25, -0.2) is 0 Å². The lowest BCUT2D eigenvalue weighted by Gasteiger charge is -2.57. The standard InChI is InChI=1S/C26H46N2O2.2C2H4O2/c1-18-5-6-23-22(16-27-20-9-13-28(4)14-10-20)24(8-12-25(18,23)2)26(3)11-7-21(30)15-19(26)17-29;2*1-2(3)4/h19-24,27,29-30H,1,5-17H2,2-4H3;2*1H3,(H,3,4)/t19-,21+,22+,23+,24+,25-,26+;;/m1../s1. The fourth-order valence-electron chi connectivity index (χ4n) is 7.98. The highest BCUT2D eigenvalue weighted by Crippen LogP contribution is 2.63. The van der Waals surface area contributed by atoms with E-state index < -0.39 is 11.9 Å². The summed E-state index contributed by atoms with van der Waals surface area (Å²) in [5, 5.41) is 39.4. The molecule has 4 aliphatic rings. The number of carbonyl (C=O) groups is 2. The lowest BCUT2D eigenvalue weighted by molar-refractivity contribution is -0.135. The average Bonchev–Trinajstić information content (AvgIpc) is 3.14. The number of hydrogen-bond donors (Lipinski definition) is 5. The first-order valence-corrected chi connectivity index (χ1v) is 14.5. The molecule has 1 aliphatic heterocycles. The molecule has 4 rings (SSSR count). The Hall–Kier alpha value is -1.48. The van der Waals surface area contributed by atoms with Gasteiger partial charge in [-0.1, -0.05) is 26.0 Å². The Morgan fingerprint density at radius 3 is 2.13 bits per heavy atom. The molecule has 1 heterocycles. The van der Waals surface area contributed by atoms with E-state index in [1.165, 1.54) is 57.2 Å². The van der Waals surface area contributed by atoms with Gasteiger partial charge < -0.3 is 30.6 Å². The number of nitrogens with one attached hydrogen (secondary N) is 1. The molecule has 0 aromatic heterocycles. The fourth-order valence-corrected chi connectivity index (χ4v) is 7.98. The molecule has 3 saturated carbocycles. The van der Waals surface area contributed by atoms with Crippen LogP contribution in [0.5, 0.6) is 0 Å². The minimum Gasteiger partial charge on any atom is -0.481 e. The van der Waals surface area contributed by atoms with Crippen molar-refractivity contribution >= 4 is 11.9 Å². The van der Waals surface area contributed by atoms with Gasteiger partial charge in [-0.05, 0) is 119 Å². The topological polar surface area (TPSA) is 130 Å². The zero-order chi connectivity index (χ0) is 28.7. The molecule has 0 amide bonds. The van der Waals surface area contributed by atoms with Crippen molar-refractivity contribution in [3.05, 3.63) is 12.2 Å². The summed E-state index contributed by atoms with van der Waals surface area (Å²) in [6.45, 7) is 15.3. The minimum atomic E-state index is -0.833. The fraction of sp³-hybridized carbons (Fsp3) is 0.867. The molecule has 0 bridgehead atoms. The summed E-state index contributed by atoms with van der Waals surface area (Å²) in [7, 11) is 2.23. The number of rotatable bonds is 5. The van der Waals surface area contributed by atoms with Gasteiger partial charge in [0.1, 0.15) is 0 Å². The number of carboxylic acid groups (broad SMARTS) is 2. The monoisotopic (exact) mass is 538 g/mol. The van der Waals surface area contributed by atoms with Gasteiger partial charge >= 0.3 is 0 Å². The van der Waals surface area contributed by atoms with Gasteiger partial charge in [0.2, 0.25) is 0 Å². The Kier molecular flexibility index (Phi) is 12.3. The van der Waals surface area contributed by atoms with E-state index in [0.717, 1.165) is 39.7 Å². The van der Waals surface area contributed by atoms with Gasteiger partial charge in [0, 0.05) is 26.5 Å². The number of aliphatic carboxylic acids is 2. The SMILES string of the molecule is C=C1CC[C@H]2[C@H](CNC3CCN(C)CC3)[C@@H]([C@@]3(C)CC[C@H](O)C[C@@H]3CO)CC[C@]12C.CC(=O)O.CC(=O)O. The molecule has 8 nitrogen and oxygen atoms in total. The minimum absolute atomic E-state index is 0.137. The summed E-state index contributed by atoms with van der Waals surface area (Å²) in [5.74, 6) is 0.554. The van der Waals surface area contributed by atoms with E-state index in [0.29, 0.717) is 29.2 Å². The van der Waals surface area contributed by atoms with Crippen molar-refractivity contribution < 1.29 is 30.0 Å². The Bertz CT molecular complexity index is 778. The summed E-state index contributed by atoms with van der Waals surface area (Å²) in [5.41, 5.74) is 1.92. The third-order valence-electron chi connectivity index (χ3n) is 10.3. The van der Waals surface area contributed by atoms with Crippen LogP contribution in [-0.2, 0) is 9.59 Å². The third-order valence-corrected chi connectivity index (χ3v) is 10.3. The van der Waals surface area contributed by atoms with Crippen molar-refractivity contribution in [3.8, 4) is 0 Å². The predicted octanol–water partition coefficient (Wildman–Crippen LogP) is 4.01. The first kappa shape index (κ1) is 32.7. The van der Waals surface area contributed by atoms with Crippen molar-refractivity contribution in [3.63, 3.8) is 0 Å². The highest BCUT2D eigenvalue weighted by atomic mass is 16.4. The zero-order valence-corrected chi connectivity index (χ0v) is 24.4. The molecular formula is C30H54N2O6. The molecule has 1 saturated heterocycles. The molecule has 7 atom stereocenters. The number of hydrogen-bond acceptors (Lipinski definition) is 6. The van der Waals surface area contributed by atoms with Crippen LogP contribution in [0.3, 0.4) is 0 Å². The summed E-state index contributed by atoms with van der Waals surface area (Å²) in [6.07, 6.45) is 9.98. The second-order valence-corrected chi connectivity index (χ2v) is 12.8. The molecule has 38 heavy (non-hydrogen) atoms. The number of piperidine rings is 1. The van der Waals surface area contributed by atoms with Crippen LogP contribution < -0.4 is 5.32 Å². The molecule has 0 unspecified atom stereocenters. The Morgan fingerprint density at radius 1 is 1.00 bits per heavy atom. The van der Waals surface area contributed by atoms with Crippen molar-refractivity contribution in [2.45, 2.75) is 97.6 Å². The van der Waals surface area contributed by atoms with Crippen molar-refractivity contribution in [1.29, 1.82) is 0 Å². The van der Waals surface area contributed by atoms with Crippen molar-refractivity contribution in [1.82, 2.24) is 10.2 Å². The molecule has 4 fully saturated rings. The van der Waals surface area contributed by atoms with Crippen LogP contribution in [-0.4, -0.2) is 82.7 Å². The average molecular weight is 539 g/mol. The molecule has 3 aliphatic carbocycles. The summed E-state index contributed by atoms with van der Waals surface area (Å²) >= 11 is 0. The second-order valence-electron chi connectivity index (χ2n) is 12.8. The summed E-state index contributed by atoms with van der Waals surface area (Å²) in [6, 6.07) is 0.647. The molecule has 0 aromatic carbocycles. The molecule has 5 N–H and O–H groups in total. The Morgan fingerprint density at radius 2 is 1.58 bits per heavy atom. The maximum atomic E-state index is 10.3. The van der Waals surface area contributed by atoms with Crippen molar-refractivity contribution in [2.24, 2.45) is 34.5 Å². The van der Waals surface area contributed by atoms with E-state index in [1.807, 2.05) is 0 Å². The van der Waals surface area contributed by atoms with E-state index in [1.54, 1.807) is 0 Å². The van der Waals surface area contributed by atoms with Crippen LogP contribution in [0.2, 0.25) is 0 Å². The van der Waals surface area contributed by atoms with Gasteiger partial charge in [-0.2, -0.15) is 0 Å². The van der Waals surface area contributed by atoms with Crippen LogP contribution in [0, 0.1) is 34.5 Å². The molecule has 0 aromatic rings. The number of aliphatic hydroxyl groups is 2. The van der Waals surface area contributed by atoms with Gasteiger partial charge in [-0.15, -0.1) is 0 Å². The molecule has 0 radical (unpaired) electrons. The second kappa shape index (κ2) is 14.2. The number of likely N-dealkylation sites (tertiary alicyclic amines) is 1. The number of aliphatic hydroxyl groups excluding tert-OH is 2. The van der Waals surface area contributed by atoms with Gasteiger partial charge in [0.05, 0.1) is 6.10 Å².